The molecular weight excluding hydrogens is 441 g/mol. The Morgan fingerprint density at radius 1 is 1.00 bits per heavy atom. The number of halogens is 1. The standard InChI is InChI=1S/C25H20FN3O5/c1-29(25(32)28-16-5-3-15(26)4-6-16)17-7-9-18(10-8-17)34-22-11-12-27-21-14-23(33-2)20(24(30)31)13-19(21)22/h3-14H,1-2H3,(H,28,32)(H,30,31). The number of benzene rings is 3. The van der Waals surface area contributed by atoms with Gasteiger partial charge in [-0.25, -0.2) is 14.0 Å². The van der Waals surface area contributed by atoms with Gasteiger partial charge in [-0.1, -0.05) is 0 Å². The number of pyridine rings is 1. The third-order valence-electron chi connectivity index (χ3n) is 5.11. The van der Waals surface area contributed by atoms with Crippen LogP contribution < -0.4 is 19.7 Å². The Hall–Kier alpha value is -4.66. The lowest BCUT2D eigenvalue weighted by Gasteiger charge is -2.18. The molecule has 0 aliphatic carbocycles. The number of ether oxygens (including phenoxy) is 2. The first-order valence-electron chi connectivity index (χ1n) is 10.1. The molecule has 172 valence electrons. The number of methoxy groups -OCH3 is 1. The molecule has 0 aliphatic rings. The minimum atomic E-state index is -1.13. The zero-order valence-corrected chi connectivity index (χ0v) is 18.3. The number of fused-ring (bicyclic) bond motifs is 1. The third kappa shape index (κ3) is 4.73. The summed E-state index contributed by atoms with van der Waals surface area (Å²) in [5, 5.41) is 12.7. The zero-order valence-electron chi connectivity index (χ0n) is 18.3. The van der Waals surface area contributed by atoms with Crippen LogP contribution in [0.5, 0.6) is 17.2 Å². The Bertz CT molecular complexity index is 1360. The summed E-state index contributed by atoms with van der Waals surface area (Å²) in [6.07, 6.45) is 1.56. The second kappa shape index (κ2) is 9.45. The number of aromatic carboxylic acids is 1. The van der Waals surface area contributed by atoms with Crippen LogP contribution in [0.2, 0.25) is 0 Å². The molecule has 1 heterocycles. The van der Waals surface area contributed by atoms with Crippen molar-refractivity contribution in [3.63, 3.8) is 0 Å². The molecule has 9 heteroatoms. The normalized spacial score (nSPS) is 10.6. The Morgan fingerprint density at radius 3 is 2.35 bits per heavy atom. The number of hydrogen-bond acceptors (Lipinski definition) is 5. The minimum absolute atomic E-state index is 0.00279. The number of carbonyl (C=O) groups is 2. The predicted octanol–water partition coefficient (Wildman–Crippen LogP) is 5.54. The van der Waals surface area contributed by atoms with E-state index in [1.807, 2.05) is 0 Å². The first kappa shape index (κ1) is 22.5. The topological polar surface area (TPSA) is 101 Å². The SMILES string of the molecule is COc1cc2nccc(Oc3ccc(N(C)C(=O)Nc4ccc(F)cc4)cc3)c2cc1C(=O)O. The quantitative estimate of drug-likeness (QED) is 0.391. The van der Waals surface area contributed by atoms with Crippen LogP contribution >= 0.6 is 0 Å². The van der Waals surface area contributed by atoms with Gasteiger partial charge in [-0.3, -0.25) is 9.88 Å². The van der Waals surface area contributed by atoms with Gasteiger partial charge in [0.2, 0.25) is 0 Å². The molecule has 2 N–H and O–H groups in total. The van der Waals surface area contributed by atoms with E-state index in [2.05, 4.69) is 10.3 Å². The van der Waals surface area contributed by atoms with Gasteiger partial charge in [-0.15, -0.1) is 0 Å². The number of nitrogens with zero attached hydrogens (tertiary/aromatic N) is 2. The van der Waals surface area contributed by atoms with Gasteiger partial charge in [0.15, 0.2) is 0 Å². The summed E-state index contributed by atoms with van der Waals surface area (Å²) in [6, 6.07) is 16.5. The number of urea groups is 1. The molecule has 0 saturated carbocycles. The molecule has 0 spiro atoms. The lowest BCUT2D eigenvalue weighted by atomic mass is 10.1. The van der Waals surface area contributed by atoms with E-state index in [9.17, 15) is 19.1 Å². The lowest BCUT2D eigenvalue weighted by Crippen LogP contribution is -2.31. The minimum Gasteiger partial charge on any atom is -0.496 e. The molecule has 0 atom stereocenters. The van der Waals surface area contributed by atoms with E-state index in [4.69, 9.17) is 9.47 Å². The first-order chi connectivity index (χ1) is 16.4. The van der Waals surface area contributed by atoms with Crippen molar-refractivity contribution >= 4 is 34.3 Å². The van der Waals surface area contributed by atoms with Crippen molar-refractivity contribution in [2.24, 2.45) is 0 Å². The van der Waals surface area contributed by atoms with Gasteiger partial charge in [0, 0.05) is 36.1 Å². The summed E-state index contributed by atoms with van der Waals surface area (Å²) in [5.74, 6) is -0.403. The summed E-state index contributed by atoms with van der Waals surface area (Å²) in [7, 11) is 3.00. The molecule has 8 nitrogen and oxygen atoms in total. The molecule has 3 aromatic carbocycles. The maximum absolute atomic E-state index is 13.0. The smallest absolute Gasteiger partial charge is 0.339 e. The number of nitrogens with one attached hydrogen (secondary N) is 1. The number of aromatic nitrogens is 1. The van der Waals surface area contributed by atoms with Crippen molar-refractivity contribution in [3.05, 3.63) is 84.3 Å². The van der Waals surface area contributed by atoms with Crippen molar-refractivity contribution < 1.29 is 28.6 Å². The van der Waals surface area contributed by atoms with Gasteiger partial charge < -0.3 is 19.9 Å². The largest absolute Gasteiger partial charge is 0.496 e. The van der Waals surface area contributed by atoms with Crippen LogP contribution in [0.4, 0.5) is 20.6 Å². The van der Waals surface area contributed by atoms with Gasteiger partial charge in [-0.05, 0) is 60.7 Å². The zero-order chi connectivity index (χ0) is 24.2. The maximum Gasteiger partial charge on any atom is 0.339 e. The summed E-state index contributed by atoms with van der Waals surface area (Å²) in [4.78, 5) is 29.7. The van der Waals surface area contributed by atoms with Crippen LogP contribution in [0.3, 0.4) is 0 Å². The number of amides is 2. The third-order valence-corrected chi connectivity index (χ3v) is 5.11. The fourth-order valence-electron chi connectivity index (χ4n) is 3.30. The monoisotopic (exact) mass is 461 g/mol. The number of carbonyl (C=O) groups excluding carboxylic acids is 1. The number of carboxylic acids is 1. The van der Waals surface area contributed by atoms with Crippen LogP contribution in [0.25, 0.3) is 10.9 Å². The molecule has 0 saturated heterocycles. The van der Waals surface area contributed by atoms with Crippen molar-refractivity contribution in [1.82, 2.24) is 4.98 Å². The Kier molecular flexibility index (Phi) is 6.26. The predicted molar refractivity (Wildman–Crippen MR) is 126 cm³/mol. The van der Waals surface area contributed by atoms with Gasteiger partial charge in [0.25, 0.3) is 0 Å². The average Bonchev–Trinajstić information content (AvgIpc) is 2.84. The molecule has 4 rings (SSSR count). The first-order valence-corrected chi connectivity index (χ1v) is 10.1. The van der Waals surface area contributed by atoms with E-state index in [1.165, 1.54) is 42.3 Å². The van der Waals surface area contributed by atoms with E-state index in [0.29, 0.717) is 33.8 Å². The van der Waals surface area contributed by atoms with E-state index < -0.39 is 12.0 Å². The van der Waals surface area contributed by atoms with Crippen LogP contribution in [-0.2, 0) is 0 Å². The Balaban J connectivity index is 1.53. The molecule has 0 bridgehead atoms. The fourth-order valence-corrected chi connectivity index (χ4v) is 3.30. The van der Waals surface area contributed by atoms with Crippen LogP contribution in [0, 0.1) is 5.82 Å². The lowest BCUT2D eigenvalue weighted by molar-refractivity contribution is 0.0693. The van der Waals surface area contributed by atoms with E-state index in [1.54, 1.807) is 49.6 Å². The molecule has 1 aromatic heterocycles. The summed E-state index contributed by atoms with van der Waals surface area (Å²) < 4.78 is 24.2. The number of hydrogen-bond donors (Lipinski definition) is 2. The van der Waals surface area contributed by atoms with Crippen molar-refractivity contribution in [3.8, 4) is 17.2 Å². The molecular formula is C25H20FN3O5. The van der Waals surface area contributed by atoms with E-state index in [0.717, 1.165) is 0 Å². The number of carboxylic acid groups (broad SMARTS) is 1. The molecule has 0 fully saturated rings. The van der Waals surface area contributed by atoms with E-state index in [-0.39, 0.29) is 17.1 Å². The average molecular weight is 461 g/mol. The van der Waals surface area contributed by atoms with Crippen molar-refractivity contribution in [2.45, 2.75) is 0 Å². The van der Waals surface area contributed by atoms with Gasteiger partial charge in [-0.2, -0.15) is 0 Å². The van der Waals surface area contributed by atoms with Crippen LogP contribution in [0.1, 0.15) is 10.4 Å². The van der Waals surface area contributed by atoms with Gasteiger partial charge in [0.05, 0.1) is 12.6 Å². The molecule has 34 heavy (non-hydrogen) atoms. The summed E-state index contributed by atoms with van der Waals surface area (Å²) in [5.41, 5.74) is 1.59. The van der Waals surface area contributed by atoms with Crippen LogP contribution in [0.15, 0.2) is 72.9 Å². The molecule has 2 amide bonds. The Labute approximate surface area is 194 Å². The highest BCUT2D eigenvalue weighted by Crippen LogP contribution is 2.33. The summed E-state index contributed by atoms with van der Waals surface area (Å²) >= 11 is 0. The highest BCUT2D eigenvalue weighted by molar-refractivity contribution is 6.01. The second-order valence-corrected chi connectivity index (χ2v) is 7.28. The number of anilines is 2. The highest BCUT2D eigenvalue weighted by Gasteiger charge is 2.16. The maximum atomic E-state index is 13.0. The van der Waals surface area contributed by atoms with E-state index >= 15 is 0 Å². The van der Waals surface area contributed by atoms with Gasteiger partial charge in [0.1, 0.15) is 28.6 Å². The van der Waals surface area contributed by atoms with Crippen molar-refractivity contribution in [1.29, 1.82) is 0 Å². The molecule has 0 radical (unpaired) electrons. The molecule has 0 aliphatic heterocycles. The number of rotatable bonds is 6. The fraction of sp³-hybridized carbons (Fsp3) is 0.0800. The molecule has 0 unspecified atom stereocenters. The second-order valence-electron chi connectivity index (χ2n) is 7.28. The Morgan fingerprint density at radius 2 is 1.71 bits per heavy atom. The van der Waals surface area contributed by atoms with Crippen molar-refractivity contribution in [2.75, 3.05) is 24.4 Å². The van der Waals surface area contributed by atoms with Crippen LogP contribution in [-0.4, -0.2) is 36.2 Å². The highest BCUT2D eigenvalue weighted by atomic mass is 19.1. The summed E-state index contributed by atoms with van der Waals surface area (Å²) in [6.45, 7) is 0. The molecule has 4 aromatic rings. The van der Waals surface area contributed by atoms with Gasteiger partial charge >= 0.3 is 12.0 Å².